The van der Waals surface area contributed by atoms with Gasteiger partial charge in [-0.2, -0.15) is 5.26 Å². The number of para-hydroxylation sites is 2. The number of aliphatic hydroxyl groups excluding tert-OH is 1. The first-order chi connectivity index (χ1) is 14.5. The van der Waals surface area contributed by atoms with Crippen LogP contribution in [0, 0.1) is 25.2 Å². The second kappa shape index (κ2) is 8.57. The molecule has 30 heavy (non-hydrogen) atoms. The van der Waals surface area contributed by atoms with E-state index in [0.29, 0.717) is 15.3 Å². The standard InChI is InChI=1S/C21H18N6OS2/c1-12-6-5-9-15(13(12)2)25-20-26-27-21(30-20)29-11-18(28)14(10-22)19-23-16-7-3-4-8-17(16)24-19/h3-9,28H,11H2,1-2H3,(H,23,24)(H,25,26)/b18-14-. The van der Waals surface area contributed by atoms with E-state index >= 15 is 0 Å². The number of nitrogens with one attached hydrogen (secondary N) is 2. The Morgan fingerprint density at radius 1 is 1.20 bits per heavy atom. The monoisotopic (exact) mass is 434 g/mol. The first kappa shape index (κ1) is 19.9. The second-order valence-corrected chi connectivity index (χ2v) is 8.77. The molecule has 0 bridgehead atoms. The highest BCUT2D eigenvalue weighted by Gasteiger charge is 2.15. The van der Waals surface area contributed by atoms with E-state index in [1.807, 2.05) is 42.5 Å². The van der Waals surface area contributed by atoms with Crippen LogP contribution in [0.5, 0.6) is 0 Å². The van der Waals surface area contributed by atoms with E-state index in [-0.39, 0.29) is 17.1 Å². The van der Waals surface area contributed by atoms with Crippen molar-refractivity contribution in [1.29, 1.82) is 5.26 Å². The molecule has 4 aromatic rings. The van der Waals surface area contributed by atoms with Gasteiger partial charge in [0.05, 0.1) is 16.8 Å². The zero-order valence-electron chi connectivity index (χ0n) is 16.3. The Kier molecular flexibility index (Phi) is 5.70. The van der Waals surface area contributed by atoms with E-state index in [9.17, 15) is 10.4 Å². The minimum absolute atomic E-state index is 0.0548. The maximum atomic E-state index is 10.5. The first-order valence-corrected chi connectivity index (χ1v) is 10.9. The Balaban J connectivity index is 1.47. The van der Waals surface area contributed by atoms with Gasteiger partial charge >= 0.3 is 0 Å². The zero-order chi connectivity index (χ0) is 21.1. The molecule has 3 N–H and O–H groups in total. The predicted molar refractivity (Wildman–Crippen MR) is 121 cm³/mol. The number of aromatic amines is 1. The normalized spacial score (nSPS) is 11.9. The van der Waals surface area contributed by atoms with Crippen LogP contribution in [-0.4, -0.2) is 31.0 Å². The fourth-order valence-electron chi connectivity index (χ4n) is 2.85. The Morgan fingerprint density at radius 2 is 2.03 bits per heavy atom. The SMILES string of the molecule is Cc1cccc(Nc2nnc(SC/C(O)=C(\C#N)c3nc4ccccc4[nH]3)s2)c1C. The number of anilines is 2. The number of imidazole rings is 1. The smallest absolute Gasteiger partial charge is 0.210 e. The van der Waals surface area contributed by atoms with Crippen molar-refractivity contribution in [3.05, 3.63) is 65.2 Å². The fraction of sp³-hybridized carbons (Fsp3) is 0.143. The van der Waals surface area contributed by atoms with Crippen molar-refractivity contribution in [2.75, 3.05) is 11.1 Å². The molecule has 0 aliphatic carbocycles. The molecule has 0 aliphatic heterocycles. The number of rotatable bonds is 6. The summed E-state index contributed by atoms with van der Waals surface area (Å²) in [7, 11) is 0. The minimum Gasteiger partial charge on any atom is -0.510 e. The highest BCUT2D eigenvalue weighted by atomic mass is 32.2. The molecule has 0 unspecified atom stereocenters. The summed E-state index contributed by atoms with van der Waals surface area (Å²) in [6.07, 6.45) is 0. The summed E-state index contributed by atoms with van der Waals surface area (Å²) in [6, 6.07) is 15.6. The van der Waals surface area contributed by atoms with Crippen molar-refractivity contribution >= 4 is 50.5 Å². The predicted octanol–water partition coefficient (Wildman–Crippen LogP) is 5.36. The van der Waals surface area contributed by atoms with E-state index in [1.54, 1.807) is 0 Å². The molecule has 2 heterocycles. The quantitative estimate of drug-likeness (QED) is 0.213. The van der Waals surface area contributed by atoms with E-state index in [4.69, 9.17) is 0 Å². The maximum absolute atomic E-state index is 10.5. The third-order valence-electron chi connectivity index (χ3n) is 4.61. The van der Waals surface area contributed by atoms with Crippen molar-refractivity contribution in [3.63, 3.8) is 0 Å². The van der Waals surface area contributed by atoms with Crippen LogP contribution in [0.15, 0.2) is 52.6 Å². The number of thioether (sulfide) groups is 1. The van der Waals surface area contributed by atoms with Gasteiger partial charge < -0.3 is 15.4 Å². The molecule has 0 radical (unpaired) electrons. The lowest BCUT2D eigenvalue weighted by atomic mass is 10.1. The topological polar surface area (TPSA) is 111 Å². The van der Waals surface area contributed by atoms with Gasteiger partial charge in [-0.1, -0.05) is 47.4 Å². The number of aliphatic hydroxyl groups is 1. The van der Waals surface area contributed by atoms with Crippen molar-refractivity contribution in [2.24, 2.45) is 0 Å². The molecule has 0 amide bonds. The van der Waals surface area contributed by atoms with Crippen LogP contribution in [0.4, 0.5) is 10.8 Å². The molecule has 0 saturated carbocycles. The second-order valence-electron chi connectivity index (χ2n) is 6.57. The third kappa shape index (κ3) is 4.15. The van der Waals surface area contributed by atoms with Gasteiger partial charge in [-0.25, -0.2) is 4.98 Å². The Bertz CT molecular complexity index is 1250. The van der Waals surface area contributed by atoms with Crippen LogP contribution in [-0.2, 0) is 0 Å². The number of H-pyrrole nitrogens is 1. The Hall–Kier alpha value is -3.35. The van der Waals surface area contributed by atoms with Crippen LogP contribution < -0.4 is 5.32 Å². The summed E-state index contributed by atoms with van der Waals surface area (Å²) >= 11 is 2.71. The lowest BCUT2D eigenvalue weighted by Crippen LogP contribution is -1.95. The zero-order valence-corrected chi connectivity index (χ0v) is 17.9. The van der Waals surface area contributed by atoms with Crippen molar-refractivity contribution in [1.82, 2.24) is 20.2 Å². The van der Waals surface area contributed by atoms with Gasteiger partial charge in [0.15, 0.2) is 10.2 Å². The minimum atomic E-state index is -0.0548. The van der Waals surface area contributed by atoms with Gasteiger partial charge in [0.2, 0.25) is 5.13 Å². The average Bonchev–Trinajstić information content (AvgIpc) is 3.37. The Morgan fingerprint density at radius 3 is 2.83 bits per heavy atom. The number of aromatic nitrogens is 4. The summed E-state index contributed by atoms with van der Waals surface area (Å²) in [5.41, 5.74) is 5.02. The largest absolute Gasteiger partial charge is 0.510 e. The third-order valence-corrected chi connectivity index (χ3v) is 6.59. The summed E-state index contributed by atoms with van der Waals surface area (Å²) in [4.78, 5) is 7.46. The molecule has 7 nitrogen and oxygen atoms in total. The van der Waals surface area contributed by atoms with Crippen LogP contribution in [0.1, 0.15) is 17.0 Å². The van der Waals surface area contributed by atoms with Gasteiger partial charge in [0.25, 0.3) is 0 Å². The molecular weight excluding hydrogens is 416 g/mol. The van der Waals surface area contributed by atoms with Gasteiger partial charge in [-0.15, -0.1) is 10.2 Å². The molecule has 0 aliphatic rings. The highest BCUT2D eigenvalue weighted by Crippen LogP contribution is 2.31. The van der Waals surface area contributed by atoms with Crippen molar-refractivity contribution < 1.29 is 5.11 Å². The van der Waals surface area contributed by atoms with Crippen LogP contribution in [0.2, 0.25) is 0 Å². The molecule has 0 saturated heterocycles. The number of nitrogens with zero attached hydrogens (tertiary/aromatic N) is 4. The molecule has 9 heteroatoms. The average molecular weight is 435 g/mol. The summed E-state index contributed by atoms with van der Waals surface area (Å²) < 4.78 is 0.691. The molecule has 150 valence electrons. The molecule has 4 rings (SSSR count). The number of allylic oxidation sites excluding steroid dienone is 1. The summed E-state index contributed by atoms with van der Waals surface area (Å²) in [5, 5.41) is 32.3. The van der Waals surface area contributed by atoms with Crippen molar-refractivity contribution in [2.45, 2.75) is 18.2 Å². The number of hydrogen-bond donors (Lipinski definition) is 3. The van der Waals surface area contributed by atoms with Crippen LogP contribution in [0.3, 0.4) is 0 Å². The first-order valence-electron chi connectivity index (χ1n) is 9.12. The van der Waals surface area contributed by atoms with Crippen molar-refractivity contribution in [3.8, 4) is 6.07 Å². The molecular formula is C21H18N6OS2. The maximum Gasteiger partial charge on any atom is 0.210 e. The molecule has 0 spiro atoms. The van der Waals surface area contributed by atoms with Gasteiger partial charge in [-0.05, 0) is 43.2 Å². The molecule has 2 aromatic carbocycles. The van der Waals surface area contributed by atoms with E-state index in [0.717, 1.165) is 22.3 Å². The van der Waals surface area contributed by atoms with Gasteiger partial charge in [-0.3, -0.25) is 0 Å². The van der Waals surface area contributed by atoms with Crippen LogP contribution in [0.25, 0.3) is 16.6 Å². The lowest BCUT2D eigenvalue weighted by Gasteiger charge is -2.08. The summed E-state index contributed by atoms with van der Waals surface area (Å²) in [5.74, 6) is 0.491. The molecule has 0 fully saturated rings. The number of benzene rings is 2. The van der Waals surface area contributed by atoms with Gasteiger partial charge in [0.1, 0.15) is 17.4 Å². The highest BCUT2D eigenvalue weighted by molar-refractivity contribution is 8.01. The summed E-state index contributed by atoms with van der Waals surface area (Å²) in [6.45, 7) is 4.12. The van der Waals surface area contributed by atoms with E-state index < -0.39 is 0 Å². The number of aryl methyl sites for hydroxylation is 1. The molecule has 2 aromatic heterocycles. The van der Waals surface area contributed by atoms with Crippen LogP contribution >= 0.6 is 23.1 Å². The number of fused-ring (bicyclic) bond motifs is 1. The fourth-order valence-corrected chi connectivity index (χ4v) is 4.49. The van der Waals surface area contributed by atoms with Gasteiger partial charge in [0, 0.05) is 5.69 Å². The van der Waals surface area contributed by atoms with E-state index in [2.05, 4.69) is 45.4 Å². The Labute approximate surface area is 181 Å². The number of hydrogen-bond acceptors (Lipinski definition) is 8. The molecule has 0 atom stereocenters. The lowest BCUT2D eigenvalue weighted by molar-refractivity contribution is 0.420. The number of nitriles is 1. The van der Waals surface area contributed by atoms with E-state index in [1.165, 1.54) is 28.7 Å².